The molecule has 0 spiro atoms. The Balaban J connectivity index is 1.42. The summed E-state index contributed by atoms with van der Waals surface area (Å²) in [5, 5.41) is 14.5. The zero-order valence-corrected chi connectivity index (χ0v) is 14.7. The normalized spacial score (nSPS) is 14.0. The molecule has 3 N–H and O–H groups in total. The SMILES string of the molecule is O=C(CNC(=O)N1CCN(c2ccc(F)cc2)CC1)Nc1ccc(O)cc1. The monoisotopic (exact) mass is 372 g/mol. The molecule has 0 radical (unpaired) electrons. The second-order valence-corrected chi connectivity index (χ2v) is 6.20. The number of nitrogens with zero attached hydrogens (tertiary/aromatic N) is 2. The van der Waals surface area contributed by atoms with Gasteiger partial charge in [-0.3, -0.25) is 4.79 Å². The molecule has 0 aliphatic carbocycles. The summed E-state index contributed by atoms with van der Waals surface area (Å²) in [6, 6.07) is 12.1. The summed E-state index contributed by atoms with van der Waals surface area (Å²) in [4.78, 5) is 27.9. The molecule has 0 bridgehead atoms. The largest absolute Gasteiger partial charge is 0.508 e. The van der Waals surface area contributed by atoms with Gasteiger partial charge < -0.3 is 25.5 Å². The van der Waals surface area contributed by atoms with Crippen LogP contribution in [0.4, 0.5) is 20.6 Å². The first-order valence-corrected chi connectivity index (χ1v) is 8.63. The van der Waals surface area contributed by atoms with Crippen molar-refractivity contribution >= 4 is 23.3 Å². The van der Waals surface area contributed by atoms with E-state index in [9.17, 15) is 19.1 Å². The number of benzene rings is 2. The van der Waals surface area contributed by atoms with E-state index >= 15 is 0 Å². The average molecular weight is 372 g/mol. The van der Waals surface area contributed by atoms with Crippen molar-refractivity contribution < 1.29 is 19.1 Å². The molecule has 0 atom stereocenters. The molecule has 1 aliphatic rings. The van der Waals surface area contributed by atoms with Gasteiger partial charge in [-0.25, -0.2) is 9.18 Å². The molecular formula is C19H21FN4O3. The number of hydrogen-bond donors (Lipinski definition) is 3. The lowest BCUT2D eigenvalue weighted by molar-refractivity contribution is -0.115. The third-order valence-corrected chi connectivity index (χ3v) is 4.31. The third-order valence-electron chi connectivity index (χ3n) is 4.31. The quantitative estimate of drug-likeness (QED) is 0.717. The predicted octanol–water partition coefficient (Wildman–Crippen LogP) is 2.00. The van der Waals surface area contributed by atoms with Gasteiger partial charge in [-0.05, 0) is 48.5 Å². The molecule has 1 aliphatic heterocycles. The number of rotatable bonds is 4. The van der Waals surface area contributed by atoms with Gasteiger partial charge in [-0.1, -0.05) is 0 Å². The van der Waals surface area contributed by atoms with E-state index in [1.165, 1.54) is 24.3 Å². The highest BCUT2D eigenvalue weighted by molar-refractivity contribution is 5.94. The van der Waals surface area contributed by atoms with Gasteiger partial charge in [0, 0.05) is 37.6 Å². The first kappa shape index (κ1) is 18.5. The Hall–Kier alpha value is -3.29. The van der Waals surface area contributed by atoms with E-state index in [4.69, 9.17) is 0 Å². The van der Waals surface area contributed by atoms with Gasteiger partial charge in [0.1, 0.15) is 11.6 Å². The number of anilines is 2. The maximum absolute atomic E-state index is 13.0. The fourth-order valence-electron chi connectivity index (χ4n) is 2.84. The number of nitrogens with one attached hydrogen (secondary N) is 2. The highest BCUT2D eigenvalue weighted by atomic mass is 19.1. The molecular weight excluding hydrogens is 351 g/mol. The average Bonchev–Trinajstić information content (AvgIpc) is 2.69. The number of carbonyl (C=O) groups excluding carboxylic acids is 2. The predicted molar refractivity (Wildman–Crippen MR) is 100 cm³/mol. The van der Waals surface area contributed by atoms with E-state index in [-0.39, 0.29) is 30.0 Å². The number of phenolic OH excluding ortho intramolecular Hbond substituents is 1. The van der Waals surface area contributed by atoms with Crippen LogP contribution in [0.2, 0.25) is 0 Å². The summed E-state index contributed by atoms with van der Waals surface area (Å²) >= 11 is 0. The molecule has 27 heavy (non-hydrogen) atoms. The van der Waals surface area contributed by atoms with Crippen molar-refractivity contribution in [1.82, 2.24) is 10.2 Å². The van der Waals surface area contributed by atoms with Crippen LogP contribution in [0.15, 0.2) is 48.5 Å². The number of phenols is 1. The van der Waals surface area contributed by atoms with Gasteiger partial charge in [-0.2, -0.15) is 0 Å². The number of piperazine rings is 1. The number of aromatic hydroxyl groups is 1. The highest BCUT2D eigenvalue weighted by Crippen LogP contribution is 2.17. The van der Waals surface area contributed by atoms with Crippen LogP contribution >= 0.6 is 0 Å². The molecule has 1 fully saturated rings. The molecule has 0 saturated carbocycles. The second-order valence-electron chi connectivity index (χ2n) is 6.20. The van der Waals surface area contributed by atoms with Crippen LogP contribution in [0.1, 0.15) is 0 Å². The summed E-state index contributed by atoms with van der Waals surface area (Å²) in [6.45, 7) is 2.17. The van der Waals surface area contributed by atoms with Gasteiger partial charge >= 0.3 is 6.03 Å². The number of amides is 3. The molecule has 1 saturated heterocycles. The lowest BCUT2D eigenvalue weighted by Crippen LogP contribution is -2.52. The number of urea groups is 1. The molecule has 142 valence electrons. The van der Waals surface area contributed by atoms with Gasteiger partial charge in [-0.15, -0.1) is 0 Å². The van der Waals surface area contributed by atoms with Gasteiger partial charge in [0.2, 0.25) is 5.91 Å². The van der Waals surface area contributed by atoms with Crippen molar-refractivity contribution in [2.75, 3.05) is 42.9 Å². The first-order valence-electron chi connectivity index (χ1n) is 8.63. The van der Waals surface area contributed by atoms with Crippen LogP contribution in [0.25, 0.3) is 0 Å². The molecule has 8 heteroatoms. The zero-order valence-electron chi connectivity index (χ0n) is 14.7. The lowest BCUT2D eigenvalue weighted by atomic mass is 10.2. The lowest BCUT2D eigenvalue weighted by Gasteiger charge is -2.36. The third kappa shape index (κ3) is 5.10. The maximum Gasteiger partial charge on any atom is 0.317 e. The molecule has 1 heterocycles. The Labute approximate surface area is 156 Å². The fraction of sp³-hybridized carbons (Fsp3) is 0.263. The molecule has 3 rings (SSSR count). The topological polar surface area (TPSA) is 84.9 Å². The van der Waals surface area contributed by atoms with E-state index < -0.39 is 0 Å². The standard InChI is InChI=1S/C19H21FN4O3/c20-14-1-5-16(6-2-14)23-9-11-24(12-10-23)19(27)21-13-18(26)22-15-3-7-17(25)8-4-15/h1-8,25H,9-13H2,(H,21,27)(H,22,26). The maximum atomic E-state index is 13.0. The summed E-state index contributed by atoms with van der Waals surface area (Å²) < 4.78 is 13.0. The zero-order chi connectivity index (χ0) is 19.2. The van der Waals surface area contributed by atoms with Crippen LogP contribution in [0.3, 0.4) is 0 Å². The van der Waals surface area contributed by atoms with E-state index in [2.05, 4.69) is 15.5 Å². The van der Waals surface area contributed by atoms with E-state index in [0.29, 0.717) is 31.9 Å². The van der Waals surface area contributed by atoms with Crippen LogP contribution in [0, 0.1) is 5.82 Å². The second kappa shape index (κ2) is 8.39. The van der Waals surface area contributed by atoms with Crippen LogP contribution < -0.4 is 15.5 Å². The Morgan fingerprint density at radius 1 is 0.963 bits per heavy atom. The Morgan fingerprint density at radius 3 is 2.22 bits per heavy atom. The van der Waals surface area contributed by atoms with Crippen LogP contribution in [-0.4, -0.2) is 54.7 Å². The Kier molecular flexibility index (Phi) is 5.75. The molecule has 7 nitrogen and oxygen atoms in total. The minimum Gasteiger partial charge on any atom is -0.508 e. The minimum absolute atomic E-state index is 0.112. The van der Waals surface area contributed by atoms with E-state index in [1.807, 2.05) is 0 Å². The van der Waals surface area contributed by atoms with Crippen LogP contribution in [0.5, 0.6) is 5.75 Å². The van der Waals surface area contributed by atoms with Crippen LogP contribution in [-0.2, 0) is 4.79 Å². The van der Waals surface area contributed by atoms with Crippen molar-refractivity contribution in [3.8, 4) is 5.75 Å². The smallest absolute Gasteiger partial charge is 0.317 e. The Bertz CT molecular complexity index is 788. The summed E-state index contributed by atoms with van der Waals surface area (Å²) in [5.74, 6) is -0.512. The van der Waals surface area contributed by atoms with Crippen molar-refractivity contribution in [1.29, 1.82) is 0 Å². The van der Waals surface area contributed by atoms with Gasteiger partial charge in [0.15, 0.2) is 0 Å². The summed E-state index contributed by atoms with van der Waals surface area (Å²) in [6.07, 6.45) is 0. The van der Waals surface area contributed by atoms with Gasteiger partial charge in [0.25, 0.3) is 0 Å². The molecule has 2 aromatic carbocycles. The van der Waals surface area contributed by atoms with Crippen molar-refractivity contribution in [3.05, 3.63) is 54.3 Å². The number of carbonyl (C=O) groups is 2. The first-order chi connectivity index (χ1) is 13.0. The summed E-state index contributed by atoms with van der Waals surface area (Å²) in [5.41, 5.74) is 1.46. The number of hydrogen-bond acceptors (Lipinski definition) is 4. The van der Waals surface area contributed by atoms with Crippen molar-refractivity contribution in [2.45, 2.75) is 0 Å². The summed E-state index contributed by atoms with van der Waals surface area (Å²) in [7, 11) is 0. The van der Waals surface area contributed by atoms with E-state index in [0.717, 1.165) is 5.69 Å². The number of halogens is 1. The van der Waals surface area contributed by atoms with E-state index in [1.54, 1.807) is 29.2 Å². The Morgan fingerprint density at radius 2 is 1.59 bits per heavy atom. The molecule has 2 aromatic rings. The minimum atomic E-state index is -0.348. The molecule has 0 unspecified atom stereocenters. The van der Waals surface area contributed by atoms with Crippen molar-refractivity contribution in [2.24, 2.45) is 0 Å². The highest BCUT2D eigenvalue weighted by Gasteiger charge is 2.21. The molecule has 3 amide bonds. The van der Waals surface area contributed by atoms with Crippen molar-refractivity contribution in [3.63, 3.8) is 0 Å². The molecule has 0 aromatic heterocycles. The van der Waals surface area contributed by atoms with Gasteiger partial charge in [0.05, 0.1) is 6.54 Å². The fourth-order valence-corrected chi connectivity index (χ4v) is 2.84.